The summed E-state index contributed by atoms with van der Waals surface area (Å²) in [6.07, 6.45) is 0.613. The number of rotatable bonds is 4. The van der Waals surface area contributed by atoms with E-state index in [-0.39, 0.29) is 6.04 Å². The van der Waals surface area contributed by atoms with Crippen molar-refractivity contribution in [3.8, 4) is 0 Å². The molecule has 1 aliphatic heterocycles. The summed E-state index contributed by atoms with van der Waals surface area (Å²) in [6, 6.07) is -0.383. The highest BCUT2D eigenvalue weighted by Crippen LogP contribution is 2.18. The Morgan fingerprint density at radius 2 is 2.27 bits per heavy atom. The van der Waals surface area contributed by atoms with Crippen molar-refractivity contribution in [2.24, 2.45) is 0 Å². The summed E-state index contributed by atoms with van der Waals surface area (Å²) in [5, 5.41) is 18.6. The molecule has 5 heteroatoms. The molecule has 1 heterocycles. The topological polar surface area (TPSA) is 60.8 Å². The standard InChI is InChI=1S/C10H19NO3S/c1-10(2,14)3-4-11-5-6-15-7-8(11)9(12)13/h8,14H,3-7H2,1-2H3,(H,12,13). The zero-order valence-corrected chi connectivity index (χ0v) is 10.1. The molecule has 0 bridgehead atoms. The Morgan fingerprint density at radius 3 is 2.80 bits per heavy atom. The van der Waals surface area contributed by atoms with Crippen LogP contribution in [0.2, 0.25) is 0 Å². The minimum Gasteiger partial charge on any atom is -0.480 e. The minimum absolute atomic E-state index is 0.383. The summed E-state index contributed by atoms with van der Waals surface area (Å²) in [7, 11) is 0. The van der Waals surface area contributed by atoms with Crippen molar-refractivity contribution in [1.29, 1.82) is 0 Å². The Labute approximate surface area is 94.7 Å². The van der Waals surface area contributed by atoms with Gasteiger partial charge in [0.25, 0.3) is 0 Å². The third-order valence-corrected chi connectivity index (χ3v) is 3.56. The van der Waals surface area contributed by atoms with E-state index in [0.717, 1.165) is 12.3 Å². The lowest BCUT2D eigenvalue weighted by molar-refractivity contribution is -0.142. The van der Waals surface area contributed by atoms with E-state index in [4.69, 9.17) is 5.11 Å². The number of hydrogen-bond acceptors (Lipinski definition) is 4. The van der Waals surface area contributed by atoms with Crippen molar-refractivity contribution in [2.75, 3.05) is 24.6 Å². The molecule has 1 saturated heterocycles. The van der Waals surface area contributed by atoms with Crippen LogP contribution in [0, 0.1) is 0 Å². The minimum atomic E-state index is -0.752. The van der Waals surface area contributed by atoms with Gasteiger partial charge in [-0.25, -0.2) is 0 Å². The SMILES string of the molecule is CC(C)(O)CCN1CCSCC1C(=O)O. The third-order valence-electron chi connectivity index (χ3n) is 2.54. The molecule has 0 amide bonds. The molecule has 0 saturated carbocycles. The maximum atomic E-state index is 11.0. The molecule has 4 nitrogen and oxygen atoms in total. The number of aliphatic carboxylic acids is 1. The molecule has 1 rings (SSSR count). The molecular weight excluding hydrogens is 214 g/mol. The van der Waals surface area contributed by atoms with Crippen LogP contribution in [-0.4, -0.2) is 57.3 Å². The van der Waals surface area contributed by atoms with E-state index in [2.05, 4.69) is 0 Å². The van der Waals surface area contributed by atoms with Crippen LogP contribution >= 0.6 is 11.8 Å². The van der Waals surface area contributed by atoms with Crippen LogP contribution in [0.5, 0.6) is 0 Å². The van der Waals surface area contributed by atoms with Gasteiger partial charge in [0.05, 0.1) is 5.60 Å². The fourth-order valence-corrected chi connectivity index (χ4v) is 2.66. The normalized spacial score (nSPS) is 24.1. The molecule has 1 unspecified atom stereocenters. The number of carboxylic acids is 1. The van der Waals surface area contributed by atoms with Crippen molar-refractivity contribution in [3.05, 3.63) is 0 Å². The van der Waals surface area contributed by atoms with Crippen LogP contribution in [-0.2, 0) is 4.79 Å². The van der Waals surface area contributed by atoms with E-state index in [9.17, 15) is 9.90 Å². The molecule has 0 spiro atoms. The lowest BCUT2D eigenvalue weighted by Crippen LogP contribution is -2.48. The number of carboxylic acid groups (broad SMARTS) is 1. The smallest absolute Gasteiger partial charge is 0.321 e. The van der Waals surface area contributed by atoms with Crippen LogP contribution in [0.15, 0.2) is 0 Å². The van der Waals surface area contributed by atoms with Gasteiger partial charge in [0.15, 0.2) is 0 Å². The molecule has 1 atom stereocenters. The maximum absolute atomic E-state index is 11.0. The first-order valence-corrected chi connectivity index (χ1v) is 6.32. The molecule has 1 aliphatic rings. The molecule has 0 aliphatic carbocycles. The van der Waals surface area contributed by atoms with Gasteiger partial charge in [0, 0.05) is 24.6 Å². The van der Waals surface area contributed by atoms with Crippen molar-refractivity contribution in [2.45, 2.75) is 31.9 Å². The second-order valence-corrected chi connectivity index (χ2v) is 5.68. The molecule has 0 aromatic rings. The molecule has 0 radical (unpaired) electrons. The highest BCUT2D eigenvalue weighted by molar-refractivity contribution is 7.99. The molecule has 1 fully saturated rings. The van der Waals surface area contributed by atoms with Gasteiger partial charge in [-0.1, -0.05) is 0 Å². The van der Waals surface area contributed by atoms with Crippen molar-refractivity contribution in [1.82, 2.24) is 4.90 Å². The number of hydrogen-bond donors (Lipinski definition) is 2. The van der Waals surface area contributed by atoms with Gasteiger partial charge in [-0.15, -0.1) is 0 Å². The summed E-state index contributed by atoms with van der Waals surface area (Å²) >= 11 is 1.68. The first kappa shape index (κ1) is 12.8. The second kappa shape index (κ2) is 5.18. The highest BCUT2D eigenvalue weighted by Gasteiger charge is 2.29. The monoisotopic (exact) mass is 233 g/mol. The van der Waals surface area contributed by atoms with Crippen molar-refractivity contribution < 1.29 is 15.0 Å². The average molecular weight is 233 g/mol. The van der Waals surface area contributed by atoms with Gasteiger partial charge in [-0.05, 0) is 20.3 Å². The van der Waals surface area contributed by atoms with Crippen molar-refractivity contribution >= 4 is 17.7 Å². The number of nitrogens with zero attached hydrogens (tertiary/aromatic N) is 1. The summed E-state index contributed by atoms with van der Waals surface area (Å²) in [5.41, 5.74) is -0.715. The number of aliphatic hydroxyl groups is 1. The Kier molecular flexibility index (Phi) is 4.43. The lowest BCUT2D eigenvalue weighted by atomic mass is 10.0. The van der Waals surface area contributed by atoms with Crippen LogP contribution in [0.3, 0.4) is 0 Å². The van der Waals surface area contributed by atoms with Gasteiger partial charge >= 0.3 is 5.97 Å². The largest absolute Gasteiger partial charge is 0.480 e. The first-order chi connectivity index (χ1) is 6.90. The van der Waals surface area contributed by atoms with E-state index < -0.39 is 11.6 Å². The molecular formula is C10H19NO3S. The molecule has 2 N–H and O–H groups in total. The van der Waals surface area contributed by atoms with E-state index in [1.54, 1.807) is 25.6 Å². The van der Waals surface area contributed by atoms with Crippen LogP contribution < -0.4 is 0 Å². The van der Waals surface area contributed by atoms with E-state index in [1.807, 2.05) is 4.90 Å². The van der Waals surface area contributed by atoms with E-state index >= 15 is 0 Å². The van der Waals surface area contributed by atoms with Crippen LogP contribution in [0.25, 0.3) is 0 Å². The molecule has 0 aromatic carbocycles. The number of thioether (sulfide) groups is 1. The summed E-state index contributed by atoms with van der Waals surface area (Å²) in [4.78, 5) is 12.9. The second-order valence-electron chi connectivity index (χ2n) is 4.53. The Balaban J connectivity index is 2.46. The predicted octanol–water partition coefficient (Wildman–Crippen LogP) is 0.649. The summed E-state index contributed by atoms with van der Waals surface area (Å²) < 4.78 is 0. The van der Waals surface area contributed by atoms with Gasteiger partial charge in [-0.3, -0.25) is 9.69 Å². The average Bonchev–Trinajstić information content (AvgIpc) is 2.14. The third kappa shape index (κ3) is 4.40. The van der Waals surface area contributed by atoms with Gasteiger partial charge in [0.1, 0.15) is 6.04 Å². The Morgan fingerprint density at radius 1 is 1.60 bits per heavy atom. The zero-order valence-electron chi connectivity index (χ0n) is 9.27. The molecule has 88 valence electrons. The predicted molar refractivity (Wildman–Crippen MR) is 61.2 cm³/mol. The Hall–Kier alpha value is -0.260. The lowest BCUT2D eigenvalue weighted by Gasteiger charge is -2.34. The van der Waals surface area contributed by atoms with E-state index in [1.165, 1.54) is 0 Å². The van der Waals surface area contributed by atoms with E-state index in [0.29, 0.717) is 18.7 Å². The van der Waals surface area contributed by atoms with Gasteiger partial charge in [-0.2, -0.15) is 11.8 Å². The summed E-state index contributed by atoms with van der Waals surface area (Å²) in [6.45, 7) is 4.96. The number of carbonyl (C=O) groups is 1. The summed E-state index contributed by atoms with van der Waals surface area (Å²) in [5.74, 6) is 0.884. The fourth-order valence-electron chi connectivity index (χ4n) is 1.55. The first-order valence-electron chi connectivity index (χ1n) is 5.17. The van der Waals surface area contributed by atoms with Crippen LogP contribution in [0.1, 0.15) is 20.3 Å². The van der Waals surface area contributed by atoms with Gasteiger partial charge in [0.2, 0.25) is 0 Å². The fraction of sp³-hybridized carbons (Fsp3) is 0.900. The zero-order chi connectivity index (χ0) is 11.5. The molecule has 15 heavy (non-hydrogen) atoms. The van der Waals surface area contributed by atoms with Crippen molar-refractivity contribution in [3.63, 3.8) is 0 Å². The Bertz CT molecular complexity index is 227. The van der Waals surface area contributed by atoms with Gasteiger partial charge < -0.3 is 10.2 Å². The quantitative estimate of drug-likeness (QED) is 0.746. The molecule has 0 aromatic heterocycles. The highest BCUT2D eigenvalue weighted by atomic mass is 32.2. The van der Waals surface area contributed by atoms with Crippen LogP contribution in [0.4, 0.5) is 0 Å². The maximum Gasteiger partial charge on any atom is 0.321 e.